The third-order valence-corrected chi connectivity index (χ3v) is 5.11. The summed E-state index contributed by atoms with van der Waals surface area (Å²) in [5, 5.41) is 10.6. The van der Waals surface area contributed by atoms with E-state index in [1.807, 2.05) is 6.92 Å². The molecule has 4 aromatic rings. The number of carbonyl (C=O) groups excluding carboxylic acids is 1. The molecule has 0 saturated heterocycles. The van der Waals surface area contributed by atoms with Gasteiger partial charge in [-0.2, -0.15) is 10.1 Å². The van der Waals surface area contributed by atoms with Crippen LogP contribution in [-0.4, -0.2) is 36.8 Å². The fourth-order valence-electron chi connectivity index (χ4n) is 3.19. The molecule has 0 aliphatic heterocycles. The molecule has 3 aromatic heterocycles. The van der Waals surface area contributed by atoms with Crippen LogP contribution in [0.15, 0.2) is 41.3 Å². The van der Waals surface area contributed by atoms with Crippen LogP contribution < -0.4 is 5.32 Å². The Morgan fingerprint density at radius 1 is 1.32 bits per heavy atom. The number of aryl methyl sites for hydroxylation is 1. The summed E-state index contributed by atoms with van der Waals surface area (Å²) in [6.45, 7) is 1.81. The first-order chi connectivity index (χ1) is 14.9. The molecule has 1 aliphatic carbocycles. The topological polar surface area (TPSA) is 98.2 Å². The van der Waals surface area contributed by atoms with Crippen molar-refractivity contribution < 1.29 is 22.5 Å². The Labute approximate surface area is 173 Å². The Kier molecular flexibility index (Phi) is 4.45. The molecule has 31 heavy (non-hydrogen) atoms. The predicted molar refractivity (Wildman–Crippen MR) is 103 cm³/mol. The monoisotopic (exact) mass is 428 g/mol. The molecule has 0 bridgehead atoms. The first-order valence-corrected chi connectivity index (χ1v) is 9.42. The number of carbonyl (C=O) groups is 1. The molecule has 0 radical (unpaired) electrons. The van der Waals surface area contributed by atoms with Gasteiger partial charge in [-0.3, -0.25) is 9.78 Å². The van der Waals surface area contributed by atoms with Gasteiger partial charge in [0, 0.05) is 11.3 Å². The number of anilines is 1. The van der Waals surface area contributed by atoms with E-state index < -0.39 is 24.2 Å². The largest absolute Gasteiger partial charge is 0.339 e. The molecular formula is C20H15F3N6O2. The summed E-state index contributed by atoms with van der Waals surface area (Å²) in [6, 6.07) is 5.23. The van der Waals surface area contributed by atoms with Crippen molar-refractivity contribution in [2.75, 3.05) is 5.32 Å². The highest BCUT2D eigenvalue weighted by Crippen LogP contribution is 2.43. The van der Waals surface area contributed by atoms with Gasteiger partial charge < -0.3 is 9.84 Å². The van der Waals surface area contributed by atoms with Crippen LogP contribution >= 0.6 is 0 Å². The van der Waals surface area contributed by atoms with E-state index in [1.54, 1.807) is 18.2 Å². The van der Waals surface area contributed by atoms with E-state index in [4.69, 9.17) is 4.52 Å². The van der Waals surface area contributed by atoms with Gasteiger partial charge >= 0.3 is 0 Å². The minimum absolute atomic E-state index is 0.183. The lowest BCUT2D eigenvalue weighted by Gasteiger charge is -2.09. The van der Waals surface area contributed by atoms with E-state index >= 15 is 0 Å². The second kappa shape index (κ2) is 7.18. The van der Waals surface area contributed by atoms with Crippen molar-refractivity contribution in [1.82, 2.24) is 24.7 Å². The number of hydrogen-bond acceptors (Lipinski definition) is 6. The van der Waals surface area contributed by atoms with Gasteiger partial charge in [0.15, 0.2) is 0 Å². The van der Waals surface area contributed by atoms with Crippen LogP contribution in [0.3, 0.4) is 0 Å². The average Bonchev–Trinajstić information content (AvgIpc) is 3.16. The summed E-state index contributed by atoms with van der Waals surface area (Å²) >= 11 is 0. The van der Waals surface area contributed by atoms with Gasteiger partial charge in [0.25, 0.3) is 12.3 Å². The fraction of sp³-hybridized carbons (Fsp3) is 0.250. The van der Waals surface area contributed by atoms with Crippen LogP contribution in [-0.2, 0) is 0 Å². The number of rotatable bonds is 5. The van der Waals surface area contributed by atoms with Crippen LogP contribution in [0.4, 0.5) is 18.9 Å². The molecule has 1 aliphatic rings. The molecule has 8 nitrogen and oxygen atoms in total. The Bertz CT molecular complexity index is 1300. The van der Waals surface area contributed by atoms with Crippen molar-refractivity contribution in [3.63, 3.8) is 0 Å². The van der Waals surface area contributed by atoms with E-state index in [0.717, 1.165) is 11.8 Å². The number of aromatic nitrogens is 5. The Balaban J connectivity index is 1.41. The van der Waals surface area contributed by atoms with Crippen molar-refractivity contribution >= 4 is 17.1 Å². The van der Waals surface area contributed by atoms with Gasteiger partial charge in [-0.1, -0.05) is 17.3 Å². The summed E-state index contributed by atoms with van der Waals surface area (Å²) < 4.78 is 45.2. The number of alkyl halides is 3. The van der Waals surface area contributed by atoms with Gasteiger partial charge in [-0.25, -0.2) is 17.7 Å². The first kappa shape index (κ1) is 19.2. The lowest BCUT2D eigenvalue weighted by molar-refractivity contribution is 0.102. The number of fused-ring (bicyclic) bond motifs is 1. The summed E-state index contributed by atoms with van der Waals surface area (Å²) in [5.74, 6) is -0.269. The third kappa shape index (κ3) is 3.51. The number of nitrogens with one attached hydrogen (secondary N) is 1. The molecular weight excluding hydrogens is 413 g/mol. The molecule has 1 amide bonds. The molecule has 0 unspecified atom stereocenters. The average molecular weight is 428 g/mol. The maximum Gasteiger partial charge on any atom is 0.281 e. The van der Waals surface area contributed by atoms with Gasteiger partial charge in [-0.05, 0) is 25.0 Å². The van der Waals surface area contributed by atoms with E-state index in [0.29, 0.717) is 29.0 Å². The van der Waals surface area contributed by atoms with Crippen molar-refractivity contribution in [2.45, 2.75) is 31.9 Å². The number of nitrogens with zero attached hydrogens (tertiary/aromatic N) is 5. The highest BCUT2D eigenvalue weighted by molar-refractivity contribution is 6.09. The Morgan fingerprint density at radius 2 is 2.13 bits per heavy atom. The zero-order valence-electron chi connectivity index (χ0n) is 16.1. The van der Waals surface area contributed by atoms with Crippen molar-refractivity contribution in [1.29, 1.82) is 0 Å². The number of halogens is 3. The SMILES string of the molecule is Cc1ccc(-c2noc([C@H]3C[C@@H]3F)n2)cc1NC(=O)c1cnn2cc(C(F)F)ncc12. The molecule has 1 saturated carbocycles. The number of hydrogen-bond donors (Lipinski definition) is 1. The molecule has 11 heteroatoms. The Morgan fingerprint density at radius 3 is 2.87 bits per heavy atom. The zero-order valence-corrected chi connectivity index (χ0v) is 16.1. The fourth-order valence-corrected chi connectivity index (χ4v) is 3.19. The standard InChI is InChI=1S/C20H15F3N6O2/c1-9-2-3-10(18-27-20(31-28-18)11-5-13(11)21)4-14(9)26-19(30)12-6-25-29-8-15(17(22)23)24-7-16(12)29/h2-4,6-8,11,13,17H,5H2,1H3,(H,26,30)/t11-,13-/m0/s1. The molecule has 1 aromatic carbocycles. The summed E-state index contributed by atoms with van der Waals surface area (Å²) in [7, 11) is 0. The number of amides is 1. The summed E-state index contributed by atoms with van der Waals surface area (Å²) in [6.07, 6.45) is 0.247. The summed E-state index contributed by atoms with van der Waals surface area (Å²) in [4.78, 5) is 20.7. The highest BCUT2D eigenvalue weighted by atomic mass is 19.3. The van der Waals surface area contributed by atoms with Crippen LogP contribution in [0, 0.1) is 6.92 Å². The smallest absolute Gasteiger partial charge is 0.281 e. The molecule has 158 valence electrons. The van der Waals surface area contributed by atoms with Crippen LogP contribution in [0.1, 0.15) is 46.3 Å². The predicted octanol–water partition coefficient (Wildman–Crippen LogP) is 4.10. The maximum absolute atomic E-state index is 13.2. The quantitative estimate of drug-likeness (QED) is 0.514. The van der Waals surface area contributed by atoms with Crippen molar-refractivity contribution in [3.8, 4) is 11.4 Å². The molecule has 0 spiro atoms. The van der Waals surface area contributed by atoms with Crippen molar-refractivity contribution in [2.24, 2.45) is 0 Å². The summed E-state index contributed by atoms with van der Waals surface area (Å²) in [5.41, 5.74) is 1.92. The van der Waals surface area contributed by atoms with E-state index in [2.05, 4.69) is 25.5 Å². The molecule has 1 fully saturated rings. The van der Waals surface area contributed by atoms with E-state index in [1.165, 1.54) is 16.9 Å². The molecule has 2 atom stereocenters. The lowest BCUT2D eigenvalue weighted by atomic mass is 10.1. The van der Waals surface area contributed by atoms with E-state index in [9.17, 15) is 18.0 Å². The lowest BCUT2D eigenvalue weighted by Crippen LogP contribution is -2.13. The molecule has 5 rings (SSSR count). The zero-order chi connectivity index (χ0) is 21.7. The van der Waals surface area contributed by atoms with Crippen LogP contribution in [0.5, 0.6) is 0 Å². The van der Waals surface area contributed by atoms with Gasteiger partial charge in [0.05, 0.1) is 35.6 Å². The molecule has 1 N–H and O–H groups in total. The Hall–Kier alpha value is -3.76. The minimum Gasteiger partial charge on any atom is -0.339 e. The number of benzene rings is 1. The maximum atomic E-state index is 13.2. The van der Waals surface area contributed by atoms with Gasteiger partial charge in [0.1, 0.15) is 11.9 Å². The van der Waals surface area contributed by atoms with Crippen LogP contribution in [0.2, 0.25) is 0 Å². The highest BCUT2D eigenvalue weighted by Gasteiger charge is 2.43. The van der Waals surface area contributed by atoms with Crippen molar-refractivity contribution in [3.05, 3.63) is 59.5 Å². The van der Waals surface area contributed by atoms with E-state index in [-0.39, 0.29) is 17.4 Å². The van der Waals surface area contributed by atoms with Gasteiger partial charge in [-0.15, -0.1) is 0 Å². The normalized spacial score (nSPS) is 18.0. The minimum atomic E-state index is -2.74. The second-order valence-electron chi connectivity index (χ2n) is 7.30. The van der Waals surface area contributed by atoms with Gasteiger partial charge in [0.2, 0.25) is 11.7 Å². The first-order valence-electron chi connectivity index (χ1n) is 9.42. The third-order valence-electron chi connectivity index (χ3n) is 5.11. The second-order valence-corrected chi connectivity index (χ2v) is 7.30. The molecule has 3 heterocycles. The van der Waals surface area contributed by atoms with Crippen LogP contribution in [0.25, 0.3) is 16.9 Å².